The van der Waals surface area contributed by atoms with Crippen LogP contribution in [0.5, 0.6) is 0 Å². The molecule has 1 aliphatic heterocycles. The van der Waals surface area contributed by atoms with Crippen LogP contribution in [0.25, 0.3) is 0 Å². The van der Waals surface area contributed by atoms with Gasteiger partial charge in [-0.1, -0.05) is 30.9 Å². The normalized spacial score (nSPS) is 22.4. The molecule has 1 aromatic rings. The van der Waals surface area contributed by atoms with Crippen molar-refractivity contribution in [2.24, 2.45) is 11.8 Å². The van der Waals surface area contributed by atoms with Gasteiger partial charge in [0.25, 0.3) is 0 Å². The summed E-state index contributed by atoms with van der Waals surface area (Å²) in [5.74, 6) is 0.644. The largest absolute Gasteiger partial charge is 0.356 e. The van der Waals surface area contributed by atoms with Gasteiger partial charge >= 0.3 is 0 Å². The van der Waals surface area contributed by atoms with Crippen LogP contribution in [0.3, 0.4) is 0 Å². The Hall–Kier alpha value is -1.55. The second-order valence-corrected chi connectivity index (χ2v) is 7.07. The quantitative estimate of drug-likeness (QED) is 0.917. The molecule has 124 valence electrons. The minimum atomic E-state index is 0.115. The average molecular weight is 335 g/mol. The highest BCUT2D eigenvalue weighted by molar-refractivity contribution is 6.30. The van der Waals surface area contributed by atoms with Crippen molar-refractivity contribution in [1.29, 1.82) is 0 Å². The molecule has 1 N–H and O–H groups in total. The Morgan fingerprint density at radius 1 is 1.17 bits per heavy atom. The number of halogens is 1. The fraction of sp³-hybridized carbons (Fsp3) is 0.556. The van der Waals surface area contributed by atoms with Gasteiger partial charge in [-0.05, 0) is 37.1 Å². The molecule has 0 radical (unpaired) electrons. The van der Waals surface area contributed by atoms with Crippen molar-refractivity contribution in [2.45, 2.75) is 38.5 Å². The number of carbonyl (C=O) groups excluding carboxylic acids is 2. The molecule has 3 rings (SSSR count). The highest BCUT2D eigenvalue weighted by Gasteiger charge is 2.31. The molecule has 4 nitrogen and oxygen atoms in total. The summed E-state index contributed by atoms with van der Waals surface area (Å²) >= 11 is 5.89. The van der Waals surface area contributed by atoms with Crippen LogP contribution >= 0.6 is 11.6 Å². The molecule has 2 fully saturated rings. The van der Waals surface area contributed by atoms with E-state index in [4.69, 9.17) is 11.6 Å². The molecule has 0 bridgehead atoms. The van der Waals surface area contributed by atoms with Crippen molar-refractivity contribution in [3.8, 4) is 0 Å². The lowest BCUT2D eigenvalue weighted by Gasteiger charge is -2.22. The SMILES string of the molecule is O=C(NCC1CC(=O)N(c2ccc(Cl)cc2)C1)C1CCCCC1. The van der Waals surface area contributed by atoms with Gasteiger partial charge in [0, 0.05) is 42.1 Å². The van der Waals surface area contributed by atoms with E-state index in [-0.39, 0.29) is 23.7 Å². The summed E-state index contributed by atoms with van der Waals surface area (Å²) in [5, 5.41) is 3.72. The van der Waals surface area contributed by atoms with Gasteiger partial charge in [-0.3, -0.25) is 9.59 Å². The van der Waals surface area contributed by atoms with E-state index < -0.39 is 0 Å². The fourth-order valence-corrected chi connectivity index (χ4v) is 3.67. The van der Waals surface area contributed by atoms with Crippen LogP contribution in [0, 0.1) is 11.8 Å². The first-order chi connectivity index (χ1) is 11.1. The van der Waals surface area contributed by atoms with E-state index in [2.05, 4.69) is 5.32 Å². The van der Waals surface area contributed by atoms with E-state index in [1.54, 1.807) is 17.0 Å². The Kier molecular flexibility index (Phi) is 5.21. The lowest BCUT2D eigenvalue weighted by Crippen LogP contribution is -2.36. The summed E-state index contributed by atoms with van der Waals surface area (Å²) in [6.07, 6.45) is 6.07. The predicted octanol–water partition coefficient (Wildman–Crippen LogP) is 3.39. The predicted molar refractivity (Wildman–Crippen MR) is 91.5 cm³/mol. The molecule has 1 aromatic carbocycles. The third kappa shape index (κ3) is 4.05. The van der Waals surface area contributed by atoms with E-state index in [0.717, 1.165) is 31.4 Å². The summed E-state index contributed by atoms with van der Waals surface area (Å²) < 4.78 is 0. The molecule has 1 unspecified atom stereocenters. The van der Waals surface area contributed by atoms with Crippen molar-refractivity contribution in [3.05, 3.63) is 29.3 Å². The van der Waals surface area contributed by atoms with Crippen LogP contribution in [-0.2, 0) is 9.59 Å². The van der Waals surface area contributed by atoms with Gasteiger partial charge in [0.05, 0.1) is 0 Å². The smallest absolute Gasteiger partial charge is 0.227 e. The van der Waals surface area contributed by atoms with E-state index in [1.807, 2.05) is 12.1 Å². The van der Waals surface area contributed by atoms with Gasteiger partial charge < -0.3 is 10.2 Å². The number of hydrogen-bond acceptors (Lipinski definition) is 2. The number of anilines is 1. The first-order valence-electron chi connectivity index (χ1n) is 8.47. The first kappa shape index (κ1) is 16.3. The minimum absolute atomic E-state index is 0.115. The maximum Gasteiger partial charge on any atom is 0.227 e. The molecule has 23 heavy (non-hydrogen) atoms. The Morgan fingerprint density at radius 3 is 2.57 bits per heavy atom. The Balaban J connectivity index is 1.51. The molecular formula is C18H23ClN2O2. The van der Waals surface area contributed by atoms with Crippen molar-refractivity contribution in [2.75, 3.05) is 18.0 Å². The number of carbonyl (C=O) groups is 2. The molecular weight excluding hydrogens is 312 g/mol. The van der Waals surface area contributed by atoms with Crippen LogP contribution in [0.4, 0.5) is 5.69 Å². The van der Waals surface area contributed by atoms with Gasteiger partial charge in [0.1, 0.15) is 0 Å². The van der Waals surface area contributed by atoms with Gasteiger partial charge in [0.15, 0.2) is 0 Å². The van der Waals surface area contributed by atoms with Crippen LogP contribution in [0.2, 0.25) is 5.02 Å². The zero-order valence-electron chi connectivity index (χ0n) is 13.3. The number of amides is 2. The minimum Gasteiger partial charge on any atom is -0.356 e. The first-order valence-corrected chi connectivity index (χ1v) is 8.85. The maximum absolute atomic E-state index is 12.2. The monoisotopic (exact) mass is 334 g/mol. The summed E-state index contributed by atoms with van der Waals surface area (Å²) in [5.41, 5.74) is 0.875. The fourth-order valence-electron chi connectivity index (χ4n) is 3.54. The lowest BCUT2D eigenvalue weighted by atomic mass is 9.88. The number of rotatable bonds is 4. The number of nitrogens with zero attached hydrogens (tertiary/aromatic N) is 1. The van der Waals surface area contributed by atoms with Gasteiger partial charge in [-0.25, -0.2) is 0 Å². The molecule has 1 heterocycles. The zero-order valence-corrected chi connectivity index (χ0v) is 14.0. The van der Waals surface area contributed by atoms with E-state index in [9.17, 15) is 9.59 Å². The van der Waals surface area contributed by atoms with Crippen LogP contribution in [0.1, 0.15) is 38.5 Å². The summed E-state index contributed by atoms with van der Waals surface area (Å²) in [6, 6.07) is 7.32. The average Bonchev–Trinajstić information content (AvgIpc) is 2.95. The van der Waals surface area contributed by atoms with Crippen LogP contribution in [0.15, 0.2) is 24.3 Å². The van der Waals surface area contributed by atoms with Gasteiger partial charge in [-0.15, -0.1) is 0 Å². The van der Waals surface area contributed by atoms with Crippen molar-refractivity contribution >= 4 is 29.1 Å². The molecule has 0 aromatic heterocycles. The third-order valence-electron chi connectivity index (χ3n) is 4.88. The van der Waals surface area contributed by atoms with Crippen molar-refractivity contribution in [3.63, 3.8) is 0 Å². The molecule has 1 saturated carbocycles. The highest BCUT2D eigenvalue weighted by atomic mass is 35.5. The zero-order chi connectivity index (χ0) is 16.2. The molecule has 2 aliphatic rings. The van der Waals surface area contributed by atoms with Gasteiger partial charge in [-0.2, -0.15) is 0 Å². The Bertz CT molecular complexity index is 567. The second kappa shape index (κ2) is 7.35. The van der Waals surface area contributed by atoms with Crippen LogP contribution in [-0.4, -0.2) is 24.9 Å². The second-order valence-electron chi connectivity index (χ2n) is 6.63. The van der Waals surface area contributed by atoms with Gasteiger partial charge in [0.2, 0.25) is 11.8 Å². The van der Waals surface area contributed by atoms with Crippen molar-refractivity contribution < 1.29 is 9.59 Å². The molecule has 0 spiro atoms. The Labute approximate surface area is 142 Å². The lowest BCUT2D eigenvalue weighted by molar-refractivity contribution is -0.126. The Morgan fingerprint density at radius 2 is 1.87 bits per heavy atom. The summed E-state index contributed by atoms with van der Waals surface area (Å²) in [6.45, 7) is 1.25. The standard InChI is InChI=1S/C18H23ClN2O2/c19-15-6-8-16(9-7-15)21-12-13(10-17(21)22)11-20-18(23)14-4-2-1-3-5-14/h6-9,13-14H,1-5,10-12H2,(H,20,23). The third-order valence-corrected chi connectivity index (χ3v) is 5.14. The summed E-state index contributed by atoms with van der Waals surface area (Å²) in [4.78, 5) is 26.2. The number of benzene rings is 1. The molecule has 1 atom stereocenters. The van der Waals surface area contributed by atoms with E-state index in [0.29, 0.717) is 24.5 Å². The van der Waals surface area contributed by atoms with Crippen molar-refractivity contribution in [1.82, 2.24) is 5.32 Å². The topological polar surface area (TPSA) is 49.4 Å². The van der Waals surface area contributed by atoms with E-state index >= 15 is 0 Å². The van der Waals surface area contributed by atoms with E-state index in [1.165, 1.54) is 6.42 Å². The molecule has 1 aliphatic carbocycles. The molecule has 2 amide bonds. The van der Waals surface area contributed by atoms with Crippen LogP contribution < -0.4 is 10.2 Å². The number of nitrogens with one attached hydrogen (secondary N) is 1. The maximum atomic E-state index is 12.2. The molecule has 5 heteroatoms. The highest BCUT2D eigenvalue weighted by Crippen LogP contribution is 2.27. The molecule has 1 saturated heterocycles. The number of hydrogen-bond donors (Lipinski definition) is 1. The summed E-state index contributed by atoms with van der Waals surface area (Å²) in [7, 11) is 0.